The number of halogens is 1. The number of hydrogen-bond donors (Lipinski definition) is 0. The summed E-state index contributed by atoms with van der Waals surface area (Å²) in [4.78, 5) is 4.79. The Morgan fingerprint density at radius 2 is 1.88 bits per heavy atom. The standard InChI is InChI=1S/C17H25FN6O/c1-3-22-8-10-23(11-9-22)16(14-4-6-15(18)7-5-14)17-19-20-21-24(17)12-13-25-2/h4-7,16H,3,8-13H2,1-2H3. The van der Waals surface area contributed by atoms with E-state index in [1.807, 2.05) is 12.1 Å². The van der Waals surface area contributed by atoms with E-state index in [1.54, 1.807) is 11.8 Å². The van der Waals surface area contributed by atoms with Gasteiger partial charge in [-0.05, 0) is 34.7 Å². The van der Waals surface area contributed by atoms with Crippen LogP contribution in [0.1, 0.15) is 24.4 Å². The molecule has 25 heavy (non-hydrogen) atoms. The van der Waals surface area contributed by atoms with Crippen LogP contribution >= 0.6 is 0 Å². The first kappa shape index (κ1) is 17.9. The Morgan fingerprint density at radius 1 is 1.16 bits per heavy atom. The van der Waals surface area contributed by atoms with Crippen LogP contribution in [0.15, 0.2) is 24.3 Å². The van der Waals surface area contributed by atoms with Crippen LogP contribution in [0.4, 0.5) is 4.39 Å². The van der Waals surface area contributed by atoms with E-state index in [0.717, 1.165) is 44.1 Å². The van der Waals surface area contributed by atoms with Crippen LogP contribution < -0.4 is 0 Å². The number of rotatable bonds is 7. The molecule has 1 aliphatic rings. The van der Waals surface area contributed by atoms with Crippen LogP contribution in [-0.4, -0.2) is 76.4 Å². The molecule has 1 fully saturated rings. The molecule has 1 aliphatic heterocycles. The minimum absolute atomic E-state index is 0.0912. The second-order valence-electron chi connectivity index (χ2n) is 6.18. The molecule has 3 rings (SSSR count). The molecule has 1 saturated heterocycles. The third kappa shape index (κ3) is 4.20. The van der Waals surface area contributed by atoms with E-state index >= 15 is 0 Å². The maximum absolute atomic E-state index is 13.4. The van der Waals surface area contributed by atoms with Crippen molar-refractivity contribution in [2.45, 2.75) is 19.5 Å². The fourth-order valence-electron chi connectivity index (χ4n) is 3.25. The van der Waals surface area contributed by atoms with Crippen molar-refractivity contribution in [3.63, 3.8) is 0 Å². The van der Waals surface area contributed by atoms with Gasteiger partial charge in [0.05, 0.1) is 19.2 Å². The van der Waals surface area contributed by atoms with E-state index in [0.29, 0.717) is 13.2 Å². The summed E-state index contributed by atoms with van der Waals surface area (Å²) < 4.78 is 20.3. The number of aromatic nitrogens is 4. The van der Waals surface area contributed by atoms with E-state index in [1.165, 1.54) is 12.1 Å². The van der Waals surface area contributed by atoms with Gasteiger partial charge in [0.2, 0.25) is 0 Å². The highest BCUT2D eigenvalue weighted by molar-refractivity contribution is 5.25. The maximum atomic E-state index is 13.4. The van der Waals surface area contributed by atoms with Crippen LogP contribution in [0, 0.1) is 5.82 Å². The zero-order valence-corrected chi connectivity index (χ0v) is 14.8. The lowest BCUT2D eigenvalue weighted by Crippen LogP contribution is -2.48. The van der Waals surface area contributed by atoms with Crippen molar-refractivity contribution in [3.8, 4) is 0 Å². The van der Waals surface area contributed by atoms with Crippen LogP contribution in [-0.2, 0) is 11.3 Å². The third-order valence-electron chi connectivity index (χ3n) is 4.72. The topological polar surface area (TPSA) is 59.3 Å². The van der Waals surface area contributed by atoms with Gasteiger partial charge in [-0.15, -0.1) is 5.10 Å². The van der Waals surface area contributed by atoms with Crippen molar-refractivity contribution in [3.05, 3.63) is 41.5 Å². The number of piperazine rings is 1. The number of hydrogen-bond acceptors (Lipinski definition) is 6. The zero-order chi connectivity index (χ0) is 17.6. The quantitative estimate of drug-likeness (QED) is 0.749. The molecule has 0 spiro atoms. The summed E-state index contributed by atoms with van der Waals surface area (Å²) in [7, 11) is 1.66. The van der Waals surface area contributed by atoms with E-state index < -0.39 is 0 Å². The molecule has 0 saturated carbocycles. The summed E-state index contributed by atoms with van der Waals surface area (Å²) in [6, 6.07) is 6.54. The lowest BCUT2D eigenvalue weighted by molar-refractivity contribution is 0.107. The molecular weight excluding hydrogens is 323 g/mol. The van der Waals surface area contributed by atoms with Gasteiger partial charge in [-0.3, -0.25) is 4.90 Å². The highest BCUT2D eigenvalue weighted by atomic mass is 19.1. The zero-order valence-electron chi connectivity index (χ0n) is 14.8. The van der Waals surface area contributed by atoms with E-state index in [4.69, 9.17) is 4.74 Å². The number of methoxy groups -OCH3 is 1. The molecule has 136 valence electrons. The number of ether oxygens (including phenoxy) is 1. The van der Waals surface area contributed by atoms with Gasteiger partial charge >= 0.3 is 0 Å². The predicted octanol–water partition coefficient (Wildman–Crippen LogP) is 1.19. The Bertz CT molecular complexity index is 653. The molecule has 2 aromatic rings. The number of nitrogens with zero attached hydrogens (tertiary/aromatic N) is 6. The molecule has 7 nitrogen and oxygen atoms in total. The molecule has 2 heterocycles. The average molecular weight is 348 g/mol. The van der Waals surface area contributed by atoms with Gasteiger partial charge in [0.15, 0.2) is 5.82 Å². The summed E-state index contributed by atoms with van der Waals surface area (Å²) >= 11 is 0. The minimum Gasteiger partial charge on any atom is -0.383 e. The number of tetrazole rings is 1. The number of likely N-dealkylation sites (N-methyl/N-ethyl adjacent to an activating group) is 1. The van der Waals surface area contributed by atoms with Crippen LogP contribution in [0.5, 0.6) is 0 Å². The predicted molar refractivity (Wildman–Crippen MR) is 91.6 cm³/mol. The van der Waals surface area contributed by atoms with E-state index in [-0.39, 0.29) is 11.9 Å². The second-order valence-corrected chi connectivity index (χ2v) is 6.18. The molecule has 1 aromatic carbocycles. The summed E-state index contributed by atoms with van der Waals surface area (Å²) in [5, 5.41) is 12.2. The van der Waals surface area contributed by atoms with Crippen LogP contribution in [0.2, 0.25) is 0 Å². The monoisotopic (exact) mass is 348 g/mol. The highest BCUT2D eigenvalue weighted by Gasteiger charge is 2.30. The fourth-order valence-corrected chi connectivity index (χ4v) is 3.25. The van der Waals surface area contributed by atoms with Gasteiger partial charge < -0.3 is 9.64 Å². The summed E-state index contributed by atoms with van der Waals surface area (Å²) in [6.45, 7) is 8.23. The lowest BCUT2D eigenvalue weighted by Gasteiger charge is -2.38. The molecule has 0 radical (unpaired) electrons. The SMILES string of the molecule is CCN1CCN(C(c2ccc(F)cc2)c2nnnn2CCOC)CC1. The summed E-state index contributed by atoms with van der Waals surface area (Å²) in [5.74, 6) is 0.533. The molecule has 1 aromatic heterocycles. The van der Waals surface area contributed by atoms with Gasteiger partial charge in [-0.25, -0.2) is 9.07 Å². The Balaban J connectivity index is 1.90. The Morgan fingerprint density at radius 3 is 2.52 bits per heavy atom. The second kappa shape index (κ2) is 8.46. The van der Waals surface area contributed by atoms with Gasteiger partial charge in [0.1, 0.15) is 5.82 Å². The fraction of sp³-hybridized carbons (Fsp3) is 0.588. The largest absolute Gasteiger partial charge is 0.383 e. The first-order valence-corrected chi connectivity index (χ1v) is 8.69. The number of benzene rings is 1. The molecule has 0 bridgehead atoms. The first-order chi connectivity index (χ1) is 12.2. The van der Waals surface area contributed by atoms with Crippen molar-refractivity contribution in [1.29, 1.82) is 0 Å². The molecule has 0 aliphatic carbocycles. The van der Waals surface area contributed by atoms with Gasteiger partial charge in [0, 0.05) is 33.3 Å². The molecule has 8 heteroatoms. The summed E-state index contributed by atoms with van der Waals surface area (Å²) in [6.07, 6.45) is 0. The van der Waals surface area contributed by atoms with Gasteiger partial charge in [-0.2, -0.15) is 0 Å². The molecular formula is C17H25FN6O. The Kier molecular flexibility index (Phi) is 6.06. The van der Waals surface area contributed by atoms with E-state index in [9.17, 15) is 4.39 Å². The van der Waals surface area contributed by atoms with Crippen molar-refractivity contribution in [2.75, 3.05) is 46.4 Å². The molecule has 1 unspecified atom stereocenters. The van der Waals surface area contributed by atoms with Crippen molar-refractivity contribution in [1.82, 2.24) is 30.0 Å². The van der Waals surface area contributed by atoms with Crippen molar-refractivity contribution < 1.29 is 9.13 Å². The smallest absolute Gasteiger partial charge is 0.173 e. The van der Waals surface area contributed by atoms with Gasteiger partial charge in [-0.1, -0.05) is 19.1 Å². The third-order valence-corrected chi connectivity index (χ3v) is 4.72. The summed E-state index contributed by atoms with van der Waals surface area (Å²) in [5.41, 5.74) is 1.000. The van der Waals surface area contributed by atoms with Crippen molar-refractivity contribution >= 4 is 0 Å². The average Bonchev–Trinajstić information content (AvgIpc) is 3.10. The minimum atomic E-state index is -0.239. The highest BCUT2D eigenvalue weighted by Crippen LogP contribution is 2.28. The van der Waals surface area contributed by atoms with E-state index in [2.05, 4.69) is 32.2 Å². The lowest BCUT2D eigenvalue weighted by atomic mass is 10.0. The normalized spacial score (nSPS) is 17.7. The molecule has 0 amide bonds. The Labute approximate surface area is 147 Å². The Hall–Kier alpha value is -1.90. The molecule has 1 atom stereocenters. The first-order valence-electron chi connectivity index (χ1n) is 8.69. The van der Waals surface area contributed by atoms with Gasteiger partial charge in [0.25, 0.3) is 0 Å². The molecule has 0 N–H and O–H groups in total. The van der Waals surface area contributed by atoms with Crippen molar-refractivity contribution in [2.24, 2.45) is 0 Å². The van der Waals surface area contributed by atoms with Crippen LogP contribution in [0.3, 0.4) is 0 Å². The van der Waals surface area contributed by atoms with Crippen LogP contribution in [0.25, 0.3) is 0 Å². The maximum Gasteiger partial charge on any atom is 0.173 e.